The van der Waals surface area contributed by atoms with E-state index in [4.69, 9.17) is 9.97 Å². The van der Waals surface area contributed by atoms with Gasteiger partial charge in [0.05, 0.1) is 11.6 Å². The van der Waals surface area contributed by atoms with Gasteiger partial charge in [-0.3, -0.25) is 0 Å². The summed E-state index contributed by atoms with van der Waals surface area (Å²) < 4.78 is 0. The Morgan fingerprint density at radius 2 is 1.97 bits per heavy atom. The van der Waals surface area contributed by atoms with Crippen LogP contribution < -0.4 is 15.5 Å². The number of aromatic hydroxyl groups is 1. The molecule has 3 N–H and O–H groups in total. The van der Waals surface area contributed by atoms with Crippen LogP contribution in [0.1, 0.15) is 48.6 Å². The van der Waals surface area contributed by atoms with Gasteiger partial charge < -0.3 is 20.6 Å². The Labute approximate surface area is 201 Å². The Hall–Kier alpha value is -3.63. The van der Waals surface area contributed by atoms with Gasteiger partial charge in [0.2, 0.25) is 5.95 Å². The summed E-state index contributed by atoms with van der Waals surface area (Å²) in [6, 6.07) is 17.8. The zero-order chi connectivity index (χ0) is 23.9. The van der Waals surface area contributed by atoms with Gasteiger partial charge in [-0.25, -0.2) is 4.98 Å². The van der Waals surface area contributed by atoms with Crippen LogP contribution >= 0.6 is 0 Å². The molecule has 0 saturated carbocycles. The van der Waals surface area contributed by atoms with E-state index < -0.39 is 0 Å². The Kier molecular flexibility index (Phi) is 7.61. The number of phenols is 1. The largest absolute Gasteiger partial charge is 0.508 e. The topological polar surface area (TPSA) is 97.1 Å². The van der Waals surface area contributed by atoms with Gasteiger partial charge in [-0.2, -0.15) is 10.2 Å². The molecule has 0 unspecified atom stereocenters. The van der Waals surface area contributed by atoms with E-state index in [0.717, 1.165) is 73.6 Å². The van der Waals surface area contributed by atoms with Crippen LogP contribution in [0.2, 0.25) is 0 Å². The highest BCUT2D eigenvalue weighted by Gasteiger charge is 2.22. The number of aromatic nitrogens is 2. The molecule has 0 spiro atoms. The quantitative estimate of drug-likeness (QED) is 0.447. The number of nitriles is 1. The lowest BCUT2D eigenvalue weighted by atomic mass is 10.0. The number of hydrogen-bond acceptors (Lipinski definition) is 7. The third-order valence-corrected chi connectivity index (χ3v) is 6.16. The van der Waals surface area contributed by atoms with Gasteiger partial charge in [0.1, 0.15) is 11.6 Å². The Bertz CT molecular complexity index is 1150. The molecule has 4 rings (SSSR count). The average molecular weight is 457 g/mol. The van der Waals surface area contributed by atoms with Gasteiger partial charge in [-0.05, 0) is 61.6 Å². The van der Waals surface area contributed by atoms with Gasteiger partial charge >= 0.3 is 0 Å². The van der Waals surface area contributed by atoms with Crippen LogP contribution in [-0.2, 0) is 13.0 Å². The van der Waals surface area contributed by atoms with Crippen molar-refractivity contribution in [3.63, 3.8) is 0 Å². The third kappa shape index (κ3) is 6.03. The van der Waals surface area contributed by atoms with Crippen molar-refractivity contribution >= 4 is 17.5 Å². The van der Waals surface area contributed by atoms with Crippen molar-refractivity contribution in [2.24, 2.45) is 0 Å². The van der Waals surface area contributed by atoms with Crippen LogP contribution in [0.4, 0.5) is 17.5 Å². The van der Waals surface area contributed by atoms with Crippen molar-refractivity contribution < 1.29 is 5.11 Å². The van der Waals surface area contributed by atoms with Crippen LogP contribution in [0.15, 0.2) is 48.5 Å². The van der Waals surface area contributed by atoms with Crippen molar-refractivity contribution in [3.05, 3.63) is 70.9 Å². The van der Waals surface area contributed by atoms with E-state index in [1.54, 1.807) is 12.1 Å². The van der Waals surface area contributed by atoms with Crippen molar-refractivity contribution in [3.8, 4) is 11.8 Å². The third-order valence-electron chi connectivity index (χ3n) is 6.16. The standard InChI is InChI=1S/C27H32N6O/c1-3-5-22-15-26(32-27(30-22)31-23-10-7-19(2)21(14-23)16-28)33-13-4-6-24(18-33)29-17-20-8-11-25(34)12-9-20/h7-12,14-15,24,29,34H,3-6,13,17-18H2,1-2H3,(H,30,31,32)/t24-/m0/s1. The van der Waals surface area contributed by atoms with Crippen molar-refractivity contribution in [2.45, 2.75) is 52.1 Å². The highest BCUT2D eigenvalue weighted by atomic mass is 16.3. The molecule has 0 amide bonds. The fraction of sp³-hybridized carbons (Fsp3) is 0.370. The summed E-state index contributed by atoms with van der Waals surface area (Å²) >= 11 is 0. The molecule has 1 atom stereocenters. The monoisotopic (exact) mass is 456 g/mol. The Balaban J connectivity index is 1.49. The zero-order valence-corrected chi connectivity index (χ0v) is 19.9. The molecule has 1 fully saturated rings. The molecular weight excluding hydrogens is 424 g/mol. The summed E-state index contributed by atoms with van der Waals surface area (Å²) in [5.74, 6) is 1.79. The molecule has 0 aliphatic carbocycles. The summed E-state index contributed by atoms with van der Waals surface area (Å²) in [5, 5.41) is 25.8. The first-order chi connectivity index (χ1) is 16.5. The molecule has 2 heterocycles. The van der Waals surface area contributed by atoms with E-state index in [0.29, 0.717) is 17.6 Å². The summed E-state index contributed by atoms with van der Waals surface area (Å²) in [7, 11) is 0. The second-order valence-electron chi connectivity index (χ2n) is 8.89. The lowest BCUT2D eigenvalue weighted by molar-refractivity contribution is 0.419. The average Bonchev–Trinajstić information content (AvgIpc) is 2.85. The van der Waals surface area contributed by atoms with Crippen LogP contribution in [0.5, 0.6) is 5.75 Å². The fourth-order valence-corrected chi connectivity index (χ4v) is 4.26. The number of rotatable bonds is 8. The van der Waals surface area contributed by atoms with Gasteiger partial charge in [0.25, 0.3) is 0 Å². The van der Waals surface area contributed by atoms with Crippen LogP contribution in [0, 0.1) is 18.3 Å². The smallest absolute Gasteiger partial charge is 0.229 e. The zero-order valence-electron chi connectivity index (χ0n) is 19.9. The van der Waals surface area contributed by atoms with E-state index in [1.165, 1.54) is 0 Å². The molecule has 34 heavy (non-hydrogen) atoms. The lowest BCUT2D eigenvalue weighted by Crippen LogP contribution is -2.45. The summed E-state index contributed by atoms with van der Waals surface area (Å²) in [6.45, 7) is 6.69. The number of phenolic OH excluding ortho intramolecular Hbond substituents is 1. The number of benzene rings is 2. The van der Waals surface area contributed by atoms with Crippen molar-refractivity contribution in [1.29, 1.82) is 5.26 Å². The molecule has 1 aromatic heterocycles. The Morgan fingerprint density at radius 3 is 2.74 bits per heavy atom. The molecule has 0 bridgehead atoms. The number of piperidine rings is 1. The molecule has 3 aromatic rings. The van der Waals surface area contributed by atoms with Crippen molar-refractivity contribution in [1.82, 2.24) is 15.3 Å². The molecule has 7 nitrogen and oxygen atoms in total. The van der Waals surface area contributed by atoms with Gasteiger partial charge in [0, 0.05) is 43.1 Å². The van der Waals surface area contributed by atoms with E-state index in [2.05, 4.69) is 34.6 Å². The molecule has 176 valence electrons. The van der Waals surface area contributed by atoms with Crippen LogP contribution in [-0.4, -0.2) is 34.2 Å². The summed E-state index contributed by atoms with van der Waals surface area (Å²) in [5.41, 5.74) is 4.58. The predicted octanol–water partition coefficient (Wildman–Crippen LogP) is 4.82. The first-order valence-electron chi connectivity index (χ1n) is 12.0. The second-order valence-corrected chi connectivity index (χ2v) is 8.89. The number of nitrogens with one attached hydrogen (secondary N) is 2. The number of aryl methyl sites for hydroxylation is 2. The normalized spacial score (nSPS) is 15.7. The van der Waals surface area contributed by atoms with Crippen LogP contribution in [0.3, 0.4) is 0 Å². The second kappa shape index (κ2) is 11.0. The minimum atomic E-state index is 0.290. The molecule has 1 aliphatic heterocycles. The summed E-state index contributed by atoms with van der Waals surface area (Å²) in [4.78, 5) is 11.9. The number of nitrogens with zero attached hydrogens (tertiary/aromatic N) is 4. The van der Waals surface area contributed by atoms with Crippen LogP contribution in [0.25, 0.3) is 0 Å². The maximum absolute atomic E-state index is 9.49. The maximum atomic E-state index is 9.49. The molecular formula is C27H32N6O. The van der Waals surface area contributed by atoms with E-state index in [9.17, 15) is 10.4 Å². The fourth-order valence-electron chi connectivity index (χ4n) is 4.26. The maximum Gasteiger partial charge on any atom is 0.229 e. The van der Waals surface area contributed by atoms with Gasteiger partial charge in [0.15, 0.2) is 0 Å². The SMILES string of the molecule is CCCc1cc(N2CCC[C@H](NCc3ccc(O)cc3)C2)nc(Nc2ccc(C)c(C#N)c2)n1. The predicted molar refractivity (Wildman–Crippen MR) is 135 cm³/mol. The van der Waals surface area contributed by atoms with Gasteiger partial charge in [-0.15, -0.1) is 0 Å². The minimum absolute atomic E-state index is 0.290. The summed E-state index contributed by atoms with van der Waals surface area (Å²) in [6.07, 6.45) is 4.10. The molecule has 0 radical (unpaired) electrons. The molecule has 2 aromatic carbocycles. The number of anilines is 3. The van der Waals surface area contributed by atoms with Gasteiger partial charge in [-0.1, -0.05) is 31.5 Å². The first kappa shape index (κ1) is 23.5. The lowest BCUT2D eigenvalue weighted by Gasteiger charge is -2.34. The van der Waals surface area contributed by atoms with Crippen molar-refractivity contribution in [2.75, 3.05) is 23.3 Å². The molecule has 1 aliphatic rings. The highest BCUT2D eigenvalue weighted by Crippen LogP contribution is 2.24. The van der Waals surface area contributed by atoms with E-state index >= 15 is 0 Å². The molecule has 7 heteroatoms. The minimum Gasteiger partial charge on any atom is -0.508 e. The Morgan fingerprint density at radius 1 is 1.15 bits per heavy atom. The first-order valence-corrected chi connectivity index (χ1v) is 12.0. The number of hydrogen-bond donors (Lipinski definition) is 3. The van der Waals surface area contributed by atoms with E-state index in [1.807, 2.05) is 37.3 Å². The highest BCUT2D eigenvalue weighted by molar-refractivity contribution is 5.59. The van der Waals surface area contributed by atoms with E-state index in [-0.39, 0.29) is 5.75 Å². The molecule has 1 saturated heterocycles.